The zero-order valence-electron chi connectivity index (χ0n) is 14.9. The van der Waals surface area contributed by atoms with Crippen LogP contribution >= 0.6 is 0 Å². The molecule has 0 nitrogen and oxygen atoms in total. The second kappa shape index (κ2) is 9.25. The minimum absolute atomic E-state index is 1.21. The molecule has 1 aliphatic rings. The summed E-state index contributed by atoms with van der Waals surface area (Å²) >= 11 is 0. The maximum absolute atomic E-state index is 4.26. The van der Waals surface area contributed by atoms with Gasteiger partial charge < -0.3 is 0 Å². The van der Waals surface area contributed by atoms with Gasteiger partial charge in [0.1, 0.15) is 0 Å². The van der Waals surface area contributed by atoms with E-state index in [9.17, 15) is 0 Å². The Kier molecular flexibility index (Phi) is 7.66. The van der Waals surface area contributed by atoms with E-state index in [-0.39, 0.29) is 0 Å². The average Bonchev–Trinajstić information content (AvgIpc) is 2.91. The van der Waals surface area contributed by atoms with Crippen LogP contribution in [0.5, 0.6) is 0 Å². The van der Waals surface area contributed by atoms with Gasteiger partial charge in [0.05, 0.1) is 0 Å². The van der Waals surface area contributed by atoms with Crippen molar-refractivity contribution in [2.75, 3.05) is 0 Å². The van der Waals surface area contributed by atoms with Crippen molar-refractivity contribution in [2.45, 2.75) is 53.9 Å². The normalized spacial score (nSPS) is 13.9. The number of hydrogen-bond donors (Lipinski definition) is 0. The number of benzene rings is 1. The minimum Gasteiger partial charge on any atom is -0.0909 e. The summed E-state index contributed by atoms with van der Waals surface area (Å²) in [6, 6.07) is 10.3. The molecule has 22 heavy (non-hydrogen) atoms. The van der Waals surface area contributed by atoms with Gasteiger partial charge in [-0.15, -0.1) is 0 Å². The molecule has 0 fully saturated rings. The second-order valence-corrected chi connectivity index (χ2v) is 6.16. The van der Waals surface area contributed by atoms with Crippen LogP contribution in [0.2, 0.25) is 0 Å². The molecule has 1 aromatic carbocycles. The van der Waals surface area contributed by atoms with Crippen LogP contribution < -0.4 is 0 Å². The Morgan fingerprint density at radius 1 is 1.05 bits per heavy atom. The molecule has 0 aliphatic heterocycles. The molecule has 0 bridgehead atoms. The molecular formula is C22H30. The Morgan fingerprint density at radius 3 is 2.05 bits per heavy atom. The Morgan fingerprint density at radius 2 is 1.68 bits per heavy atom. The first kappa shape index (κ1) is 18.2. The SMILES string of the molecule is C=C(C(/C=C\C)=C(C)C)C1=C(C)CCC1.Cc1ccccc1. The van der Waals surface area contributed by atoms with E-state index in [0.717, 1.165) is 0 Å². The lowest BCUT2D eigenvalue weighted by Gasteiger charge is -2.12. The highest BCUT2D eigenvalue weighted by molar-refractivity contribution is 5.54. The van der Waals surface area contributed by atoms with Gasteiger partial charge in [0, 0.05) is 0 Å². The molecule has 0 amide bonds. The molecule has 2 rings (SSSR count). The van der Waals surface area contributed by atoms with Crippen LogP contribution in [-0.4, -0.2) is 0 Å². The number of aryl methyl sites for hydroxylation is 1. The van der Waals surface area contributed by atoms with Crippen molar-refractivity contribution in [3.63, 3.8) is 0 Å². The number of hydrogen-bond acceptors (Lipinski definition) is 0. The molecule has 0 N–H and O–H groups in total. The van der Waals surface area contributed by atoms with E-state index < -0.39 is 0 Å². The highest BCUT2D eigenvalue weighted by atomic mass is 14.2. The summed E-state index contributed by atoms with van der Waals surface area (Å²) in [4.78, 5) is 0. The van der Waals surface area contributed by atoms with Gasteiger partial charge in [-0.2, -0.15) is 0 Å². The first-order chi connectivity index (χ1) is 10.5. The molecule has 0 radical (unpaired) electrons. The molecule has 0 heteroatoms. The molecule has 0 saturated carbocycles. The van der Waals surface area contributed by atoms with Crippen molar-refractivity contribution < 1.29 is 0 Å². The number of rotatable bonds is 3. The quantitative estimate of drug-likeness (QED) is 0.529. The lowest BCUT2D eigenvalue weighted by molar-refractivity contribution is 0.896. The highest BCUT2D eigenvalue weighted by Gasteiger charge is 2.15. The predicted molar refractivity (Wildman–Crippen MR) is 100 cm³/mol. The zero-order chi connectivity index (χ0) is 16.5. The van der Waals surface area contributed by atoms with E-state index in [1.54, 1.807) is 0 Å². The Balaban J connectivity index is 0.000000287. The van der Waals surface area contributed by atoms with Crippen LogP contribution in [0.1, 0.15) is 52.5 Å². The Hall–Kier alpha value is -1.82. The standard InChI is InChI=1S/C15H22.C7H8/c1-6-8-14(11(2)3)13(5)15-10-7-9-12(15)4;1-7-5-3-2-4-6-7/h6,8H,5,7,9-10H2,1-4H3;2-6H,1H3/b8-6-;. The molecule has 118 valence electrons. The van der Waals surface area contributed by atoms with Crippen LogP contribution in [0.15, 0.2) is 76.9 Å². The topological polar surface area (TPSA) is 0 Å². The summed E-state index contributed by atoms with van der Waals surface area (Å²) < 4.78 is 0. The Labute approximate surface area is 137 Å². The first-order valence-electron chi connectivity index (χ1n) is 8.17. The Bertz CT molecular complexity index is 576. The monoisotopic (exact) mass is 294 g/mol. The first-order valence-corrected chi connectivity index (χ1v) is 8.17. The molecule has 0 aromatic heterocycles. The second-order valence-electron chi connectivity index (χ2n) is 6.16. The fraction of sp³-hybridized carbons (Fsp3) is 0.364. The van der Waals surface area contributed by atoms with Gasteiger partial charge >= 0.3 is 0 Å². The van der Waals surface area contributed by atoms with Gasteiger partial charge in [-0.25, -0.2) is 0 Å². The van der Waals surface area contributed by atoms with Gasteiger partial charge in [0.25, 0.3) is 0 Å². The zero-order valence-corrected chi connectivity index (χ0v) is 14.9. The van der Waals surface area contributed by atoms with E-state index in [2.05, 4.69) is 65.5 Å². The van der Waals surface area contributed by atoms with E-state index in [1.807, 2.05) is 18.2 Å². The highest BCUT2D eigenvalue weighted by Crippen LogP contribution is 2.34. The number of allylic oxidation sites excluding steroid dienone is 7. The molecule has 1 aromatic rings. The molecule has 1 aliphatic carbocycles. The van der Waals surface area contributed by atoms with Crippen molar-refractivity contribution in [3.8, 4) is 0 Å². The van der Waals surface area contributed by atoms with Crippen LogP contribution in [0.3, 0.4) is 0 Å². The third-order valence-electron chi connectivity index (χ3n) is 4.00. The molecule has 0 unspecified atom stereocenters. The summed E-state index contributed by atoms with van der Waals surface area (Å²) in [5, 5.41) is 0. The molecule has 0 spiro atoms. The summed E-state index contributed by atoms with van der Waals surface area (Å²) in [6.45, 7) is 15.0. The molecular weight excluding hydrogens is 264 g/mol. The van der Waals surface area contributed by atoms with E-state index >= 15 is 0 Å². The van der Waals surface area contributed by atoms with Gasteiger partial charge in [-0.05, 0) is 70.6 Å². The summed E-state index contributed by atoms with van der Waals surface area (Å²) in [6.07, 6.45) is 8.03. The maximum atomic E-state index is 4.26. The maximum Gasteiger partial charge on any atom is -0.0204 e. The third kappa shape index (κ3) is 5.52. The molecule has 0 heterocycles. The van der Waals surface area contributed by atoms with Gasteiger partial charge in [-0.1, -0.05) is 65.8 Å². The van der Waals surface area contributed by atoms with Crippen LogP contribution in [0.4, 0.5) is 0 Å². The van der Waals surface area contributed by atoms with E-state index in [1.165, 1.54) is 52.7 Å². The van der Waals surface area contributed by atoms with Crippen molar-refractivity contribution in [3.05, 3.63) is 82.5 Å². The van der Waals surface area contributed by atoms with Crippen LogP contribution in [-0.2, 0) is 0 Å². The lowest BCUT2D eigenvalue weighted by atomic mass is 9.93. The predicted octanol–water partition coefficient (Wildman–Crippen LogP) is 6.95. The molecule has 0 atom stereocenters. The summed E-state index contributed by atoms with van der Waals surface area (Å²) in [5.41, 5.74) is 8.25. The van der Waals surface area contributed by atoms with Crippen LogP contribution in [0.25, 0.3) is 0 Å². The fourth-order valence-corrected chi connectivity index (χ4v) is 2.74. The van der Waals surface area contributed by atoms with Crippen molar-refractivity contribution in [1.82, 2.24) is 0 Å². The summed E-state index contributed by atoms with van der Waals surface area (Å²) in [5.74, 6) is 0. The van der Waals surface area contributed by atoms with Crippen molar-refractivity contribution >= 4 is 0 Å². The largest absolute Gasteiger partial charge is 0.0909 e. The van der Waals surface area contributed by atoms with Gasteiger partial charge in [0.15, 0.2) is 0 Å². The van der Waals surface area contributed by atoms with Crippen molar-refractivity contribution in [1.29, 1.82) is 0 Å². The molecule has 0 saturated heterocycles. The summed E-state index contributed by atoms with van der Waals surface area (Å²) in [7, 11) is 0. The fourth-order valence-electron chi connectivity index (χ4n) is 2.74. The smallest absolute Gasteiger partial charge is 0.0204 e. The van der Waals surface area contributed by atoms with Crippen LogP contribution in [0, 0.1) is 6.92 Å². The van der Waals surface area contributed by atoms with Gasteiger partial charge in [0.2, 0.25) is 0 Å². The van der Waals surface area contributed by atoms with Gasteiger partial charge in [-0.3, -0.25) is 0 Å². The minimum atomic E-state index is 1.21. The average molecular weight is 294 g/mol. The third-order valence-corrected chi connectivity index (χ3v) is 4.00. The van der Waals surface area contributed by atoms with Crippen molar-refractivity contribution in [2.24, 2.45) is 0 Å². The lowest BCUT2D eigenvalue weighted by Crippen LogP contribution is -1.92. The van der Waals surface area contributed by atoms with E-state index in [4.69, 9.17) is 0 Å². The van der Waals surface area contributed by atoms with E-state index in [0.29, 0.717) is 0 Å².